The lowest BCUT2D eigenvalue weighted by atomic mass is 9.69. The Morgan fingerprint density at radius 2 is 1.84 bits per heavy atom. The summed E-state index contributed by atoms with van der Waals surface area (Å²) in [4.78, 5) is 0. The Morgan fingerprint density at radius 3 is 2.68 bits per heavy atom. The molecule has 104 valence electrons. The summed E-state index contributed by atoms with van der Waals surface area (Å²) in [5.74, 6) is 1.47. The van der Waals surface area contributed by atoms with E-state index in [9.17, 15) is 4.39 Å². The highest BCUT2D eigenvalue weighted by atomic mass is 35.5. The van der Waals surface area contributed by atoms with Crippen LogP contribution in [-0.4, -0.2) is 6.04 Å². The van der Waals surface area contributed by atoms with Crippen molar-refractivity contribution >= 4 is 17.3 Å². The van der Waals surface area contributed by atoms with E-state index >= 15 is 0 Å². The van der Waals surface area contributed by atoms with Crippen LogP contribution in [0.25, 0.3) is 0 Å². The monoisotopic (exact) mass is 281 g/mol. The molecule has 0 spiro atoms. The van der Waals surface area contributed by atoms with E-state index in [1.165, 1.54) is 38.5 Å². The molecule has 3 atom stereocenters. The second kappa shape index (κ2) is 5.70. The Kier molecular flexibility index (Phi) is 3.97. The summed E-state index contributed by atoms with van der Waals surface area (Å²) in [5, 5.41) is 3.57. The molecule has 0 radical (unpaired) electrons. The van der Waals surface area contributed by atoms with E-state index in [1.54, 1.807) is 18.2 Å². The molecular formula is C16H21ClFN. The second-order valence-electron chi connectivity index (χ2n) is 6.06. The van der Waals surface area contributed by atoms with Crippen molar-refractivity contribution in [3.05, 3.63) is 29.0 Å². The molecule has 1 aromatic rings. The van der Waals surface area contributed by atoms with Gasteiger partial charge < -0.3 is 5.32 Å². The number of hydrogen-bond acceptors (Lipinski definition) is 1. The molecule has 1 nitrogen and oxygen atoms in total. The number of benzene rings is 1. The number of rotatable bonds is 2. The van der Waals surface area contributed by atoms with Gasteiger partial charge in [-0.3, -0.25) is 0 Å². The number of anilines is 1. The maximum absolute atomic E-state index is 13.9. The van der Waals surface area contributed by atoms with Gasteiger partial charge in [-0.05, 0) is 43.2 Å². The first-order valence-electron chi connectivity index (χ1n) is 7.44. The molecule has 0 amide bonds. The average Bonchev–Trinajstić information content (AvgIpc) is 2.44. The summed E-state index contributed by atoms with van der Waals surface area (Å²) in [5.41, 5.74) is 0.562. The van der Waals surface area contributed by atoms with Crippen LogP contribution in [-0.2, 0) is 0 Å². The Hall–Kier alpha value is -0.760. The van der Waals surface area contributed by atoms with Crippen LogP contribution in [0.4, 0.5) is 10.1 Å². The third-order valence-electron chi connectivity index (χ3n) is 4.85. The molecule has 3 rings (SSSR count). The fourth-order valence-electron chi connectivity index (χ4n) is 3.84. The molecule has 3 heteroatoms. The van der Waals surface area contributed by atoms with Crippen molar-refractivity contribution in [2.24, 2.45) is 11.8 Å². The van der Waals surface area contributed by atoms with Crippen LogP contribution in [0.5, 0.6) is 0 Å². The molecule has 0 saturated heterocycles. The zero-order valence-corrected chi connectivity index (χ0v) is 11.9. The van der Waals surface area contributed by atoms with E-state index in [0.717, 1.165) is 18.3 Å². The lowest BCUT2D eigenvalue weighted by molar-refractivity contribution is 0.162. The lowest BCUT2D eigenvalue weighted by Crippen LogP contribution is -2.34. The normalized spacial score (nSPS) is 30.7. The van der Waals surface area contributed by atoms with E-state index < -0.39 is 0 Å². The van der Waals surface area contributed by atoms with Gasteiger partial charge in [-0.15, -0.1) is 0 Å². The van der Waals surface area contributed by atoms with Crippen LogP contribution in [0.15, 0.2) is 18.2 Å². The zero-order chi connectivity index (χ0) is 13.2. The van der Waals surface area contributed by atoms with Gasteiger partial charge in [-0.1, -0.05) is 43.4 Å². The fraction of sp³-hybridized carbons (Fsp3) is 0.625. The Bertz CT molecular complexity index is 448. The van der Waals surface area contributed by atoms with Crippen LogP contribution >= 0.6 is 11.6 Å². The van der Waals surface area contributed by atoms with Crippen molar-refractivity contribution in [2.45, 2.75) is 51.0 Å². The van der Waals surface area contributed by atoms with Gasteiger partial charge in [-0.25, -0.2) is 4.39 Å². The van der Waals surface area contributed by atoms with Gasteiger partial charge >= 0.3 is 0 Å². The Morgan fingerprint density at radius 1 is 1.05 bits per heavy atom. The summed E-state index contributed by atoms with van der Waals surface area (Å²) in [6.45, 7) is 0. The molecule has 0 heterocycles. The van der Waals surface area contributed by atoms with Gasteiger partial charge in [-0.2, -0.15) is 0 Å². The summed E-state index contributed by atoms with van der Waals surface area (Å²) in [6, 6.07) is 5.60. The number of nitrogens with one attached hydrogen (secondary N) is 1. The Labute approximate surface area is 119 Å². The summed E-state index contributed by atoms with van der Waals surface area (Å²) < 4.78 is 13.9. The van der Waals surface area contributed by atoms with Crippen molar-refractivity contribution < 1.29 is 4.39 Å². The molecule has 0 aromatic heterocycles. The number of hydrogen-bond donors (Lipinski definition) is 1. The van der Waals surface area contributed by atoms with E-state index in [0.29, 0.717) is 11.7 Å². The lowest BCUT2D eigenvalue weighted by Gasteiger charge is -2.39. The first kappa shape index (κ1) is 13.2. The van der Waals surface area contributed by atoms with Crippen LogP contribution in [0, 0.1) is 17.7 Å². The quantitative estimate of drug-likeness (QED) is 0.781. The van der Waals surface area contributed by atoms with Crippen molar-refractivity contribution in [1.29, 1.82) is 0 Å². The molecule has 19 heavy (non-hydrogen) atoms. The SMILES string of the molecule is Fc1c(Cl)cccc1NC1CCC2CCCCC2C1. The van der Waals surface area contributed by atoms with E-state index in [4.69, 9.17) is 11.6 Å². The molecule has 0 aliphatic heterocycles. The van der Waals surface area contributed by atoms with Gasteiger partial charge in [0.25, 0.3) is 0 Å². The second-order valence-corrected chi connectivity index (χ2v) is 6.47. The van der Waals surface area contributed by atoms with Crippen LogP contribution in [0.3, 0.4) is 0 Å². The molecule has 2 aliphatic carbocycles. The molecule has 2 saturated carbocycles. The van der Waals surface area contributed by atoms with Crippen LogP contribution < -0.4 is 5.32 Å². The van der Waals surface area contributed by atoms with Gasteiger partial charge in [0.1, 0.15) is 0 Å². The maximum atomic E-state index is 13.9. The highest BCUT2D eigenvalue weighted by molar-refractivity contribution is 6.31. The summed E-state index contributed by atoms with van der Waals surface area (Å²) in [7, 11) is 0. The molecular weight excluding hydrogens is 261 g/mol. The zero-order valence-electron chi connectivity index (χ0n) is 11.2. The van der Waals surface area contributed by atoms with Crippen molar-refractivity contribution in [3.8, 4) is 0 Å². The van der Waals surface area contributed by atoms with Crippen LogP contribution in [0.1, 0.15) is 44.9 Å². The third-order valence-corrected chi connectivity index (χ3v) is 5.14. The minimum atomic E-state index is -0.310. The first-order chi connectivity index (χ1) is 9.24. The van der Waals surface area contributed by atoms with Gasteiger partial charge in [0.2, 0.25) is 0 Å². The minimum Gasteiger partial charge on any atom is -0.380 e. The van der Waals surface area contributed by atoms with E-state index in [-0.39, 0.29) is 10.8 Å². The smallest absolute Gasteiger partial charge is 0.164 e. The third kappa shape index (κ3) is 2.89. The Balaban J connectivity index is 1.66. The van der Waals surface area contributed by atoms with Gasteiger partial charge in [0.05, 0.1) is 10.7 Å². The first-order valence-corrected chi connectivity index (χ1v) is 7.82. The van der Waals surface area contributed by atoms with Crippen molar-refractivity contribution in [1.82, 2.24) is 0 Å². The van der Waals surface area contributed by atoms with Crippen molar-refractivity contribution in [3.63, 3.8) is 0 Å². The molecule has 0 bridgehead atoms. The number of halogens is 2. The van der Waals surface area contributed by atoms with Crippen LogP contribution in [0.2, 0.25) is 5.02 Å². The summed E-state index contributed by atoms with van der Waals surface area (Å²) >= 11 is 5.83. The molecule has 1 aromatic carbocycles. The highest BCUT2D eigenvalue weighted by Crippen LogP contribution is 2.41. The molecule has 2 fully saturated rings. The van der Waals surface area contributed by atoms with Gasteiger partial charge in [0.15, 0.2) is 5.82 Å². The van der Waals surface area contributed by atoms with E-state index in [1.807, 2.05) is 0 Å². The van der Waals surface area contributed by atoms with Gasteiger partial charge in [0, 0.05) is 6.04 Å². The maximum Gasteiger partial charge on any atom is 0.164 e. The average molecular weight is 282 g/mol. The predicted octanol–water partition coefficient (Wildman–Crippen LogP) is 5.25. The largest absolute Gasteiger partial charge is 0.380 e. The predicted molar refractivity (Wildman–Crippen MR) is 78.1 cm³/mol. The molecule has 1 N–H and O–H groups in total. The standard InChI is InChI=1S/C16H21ClFN/c17-14-6-3-7-15(16(14)18)19-13-9-8-11-4-1-2-5-12(11)10-13/h3,6-7,11-13,19H,1-2,4-5,8-10H2. The molecule has 3 unspecified atom stereocenters. The summed E-state index contributed by atoms with van der Waals surface area (Å²) in [6.07, 6.45) is 9.19. The fourth-order valence-corrected chi connectivity index (χ4v) is 4.01. The van der Waals surface area contributed by atoms with Crippen molar-refractivity contribution in [2.75, 3.05) is 5.32 Å². The number of fused-ring (bicyclic) bond motifs is 1. The molecule has 2 aliphatic rings. The van der Waals surface area contributed by atoms with E-state index in [2.05, 4.69) is 5.32 Å². The topological polar surface area (TPSA) is 12.0 Å². The minimum absolute atomic E-state index is 0.205. The highest BCUT2D eigenvalue weighted by Gasteiger charge is 2.32.